The zero-order chi connectivity index (χ0) is 23.1. The lowest BCUT2D eigenvalue weighted by Crippen LogP contribution is -2.40. The molecule has 0 spiro atoms. The molecule has 0 aliphatic heterocycles. The largest absolute Gasteiger partial charge is 0.385 e. The van der Waals surface area contributed by atoms with Gasteiger partial charge in [0.25, 0.3) is 5.56 Å². The van der Waals surface area contributed by atoms with Gasteiger partial charge in [0.15, 0.2) is 5.65 Å². The van der Waals surface area contributed by atoms with Crippen molar-refractivity contribution in [2.24, 2.45) is 0 Å². The molecule has 0 saturated heterocycles. The summed E-state index contributed by atoms with van der Waals surface area (Å²) >= 11 is 0. The van der Waals surface area contributed by atoms with Gasteiger partial charge in [-0.3, -0.25) is 13.9 Å². The van der Waals surface area contributed by atoms with Crippen molar-refractivity contribution in [3.63, 3.8) is 0 Å². The van der Waals surface area contributed by atoms with Crippen molar-refractivity contribution in [1.29, 1.82) is 0 Å². The van der Waals surface area contributed by atoms with E-state index >= 15 is 0 Å². The maximum atomic E-state index is 14.2. The molecule has 1 aliphatic carbocycles. The van der Waals surface area contributed by atoms with Gasteiger partial charge in [-0.2, -0.15) is 0 Å². The topological polar surface area (TPSA) is 84.7 Å². The number of hydrogen-bond acceptors (Lipinski definition) is 4. The van der Waals surface area contributed by atoms with E-state index in [0.29, 0.717) is 17.0 Å². The second-order valence-electron chi connectivity index (χ2n) is 8.56. The molecule has 8 heteroatoms. The Bertz CT molecular complexity index is 1430. The molecule has 33 heavy (non-hydrogen) atoms. The number of benzene rings is 2. The molecular weight excluding hydrogens is 421 g/mol. The third-order valence-corrected chi connectivity index (χ3v) is 6.23. The van der Waals surface area contributed by atoms with E-state index in [1.54, 1.807) is 22.8 Å². The van der Waals surface area contributed by atoms with Gasteiger partial charge in [0, 0.05) is 29.8 Å². The monoisotopic (exact) mass is 447 g/mol. The lowest BCUT2D eigenvalue weighted by Gasteiger charge is -2.11. The number of aromatic nitrogens is 4. The van der Waals surface area contributed by atoms with Crippen molar-refractivity contribution in [3.05, 3.63) is 92.1 Å². The minimum atomic E-state index is -0.483. The summed E-state index contributed by atoms with van der Waals surface area (Å²) in [6, 6.07) is 14.3. The first-order valence-electron chi connectivity index (χ1n) is 11.3. The highest BCUT2D eigenvalue weighted by Crippen LogP contribution is 2.35. The number of nitrogens with one attached hydrogen (secondary N) is 2. The van der Waals surface area contributed by atoms with Gasteiger partial charge >= 0.3 is 5.69 Å². The standard InChI is InChI=1S/C25H26FN5O2/c1-3-27-18-10-8-16(9-11-18)15(2)22-28-21-23(29-22)31(19-12-13-19)25(33)30(24(21)32)14-17-6-4-5-7-20(17)26/h4-11,15,19,27H,3,12-14H2,1-2H3,(H,28,29). The number of halogens is 1. The van der Waals surface area contributed by atoms with Crippen LogP contribution in [0.1, 0.15) is 55.6 Å². The third kappa shape index (κ3) is 3.86. The Morgan fingerprint density at radius 2 is 1.88 bits per heavy atom. The Morgan fingerprint density at radius 1 is 1.15 bits per heavy atom. The van der Waals surface area contributed by atoms with Gasteiger partial charge in [0.1, 0.15) is 17.2 Å². The summed E-state index contributed by atoms with van der Waals surface area (Å²) in [5, 5.41) is 3.27. The molecule has 2 aromatic carbocycles. The Kier molecular flexibility index (Phi) is 5.36. The maximum absolute atomic E-state index is 14.2. The van der Waals surface area contributed by atoms with Crippen molar-refractivity contribution in [2.75, 3.05) is 11.9 Å². The average Bonchev–Trinajstić information content (AvgIpc) is 3.55. The van der Waals surface area contributed by atoms with Gasteiger partial charge in [0.05, 0.1) is 6.54 Å². The van der Waals surface area contributed by atoms with Crippen LogP contribution in [-0.4, -0.2) is 25.6 Å². The van der Waals surface area contributed by atoms with Gasteiger partial charge < -0.3 is 10.3 Å². The Labute approximate surface area is 189 Å². The van der Waals surface area contributed by atoms with E-state index in [9.17, 15) is 14.0 Å². The van der Waals surface area contributed by atoms with Crippen LogP contribution < -0.4 is 16.6 Å². The molecule has 170 valence electrons. The van der Waals surface area contributed by atoms with E-state index < -0.39 is 17.1 Å². The molecule has 1 saturated carbocycles. The Balaban J connectivity index is 1.60. The van der Waals surface area contributed by atoms with Crippen molar-refractivity contribution >= 4 is 16.9 Å². The van der Waals surface area contributed by atoms with Crippen molar-refractivity contribution in [2.45, 2.75) is 45.2 Å². The first-order chi connectivity index (χ1) is 16.0. The fourth-order valence-corrected chi connectivity index (χ4v) is 4.20. The van der Waals surface area contributed by atoms with E-state index in [1.807, 2.05) is 38.1 Å². The minimum absolute atomic E-state index is 0.0123. The molecule has 1 aliphatic rings. The number of fused-ring (bicyclic) bond motifs is 1. The summed E-state index contributed by atoms with van der Waals surface area (Å²) in [7, 11) is 0. The number of hydrogen-bond donors (Lipinski definition) is 2. The van der Waals surface area contributed by atoms with Crippen LogP contribution in [0.4, 0.5) is 10.1 Å². The lowest BCUT2D eigenvalue weighted by atomic mass is 10.0. The van der Waals surface area contributed by atoms with Gasteiger partial charge in [-0.15, -0.1) is 0 Å². The van der Waals surface area contributed by atoms with Crippen molar-refractivity contribution < 1.29 is 4.39 Å². The first-order valence-corrected chi connectivity index (χ1v) is 11.3. The molecule has 7 nitrogen and oxygen atoms in total. The minimum Gasteiger partial charge on any atom is -0.385 e. The zero-order valence-corrected chi connectivity index (χ0v) is 18.6. The van der Waals surface area contributed by atoms with Crippen LogP contribution in [0.15, 0.2) is 58.1 Å². The normalized spacial score (nSPS) is 14.5. The van der Waals surface area contributed by atoms with Gasteiger partial charge in [-0.25, -0.2) is 14.2 Å². The van der Waals surface area contributed by atoms with E-state index in [2.05, 4.69) is 10.3 Å². The molecule has 1 unspecified atom stereocenters. The predicted molar refractivity (Wildman–Crippen MR) is 127 cm³/mol. The molecule has 1 atom stereocenters. The molecular formula is C25H26FN5O2. The summed E-state index contributed by atoms with van der Waals surface area (Å²) < 4.78 is 17.0. The number of anilines is 1. The quantitative estimate of drug-likeness (QED) is 0.449. The summed E-state index contributed by atoms with van der Waals surface area (Å²) in [6.07, 6.45) is 1.72. The lowest BCUT2D eigenvalue weighted by molar-refractivity contribution is 0.571. The second-order valence-corrected chi connectivity index (χ2v) is 8.56. The predicted octanol–water partition coefficient (Wildman–Crippen LogP) is 3.99. The summed E-state index contributed by atoms with van der Waals surface area (Å²) in [5.41, 5.74) is 2.11. The smallest absolute Gasteiger partial charge is 0.333 e. The summed E-state index contributed by atoms with van der Waals surface area (Å²) in [5.74, 6) is 0.0767. The molecule has 2 N–H and O–H groups in total. The van der Waals surface area contributed by atoms with Crippen LogP contribution >= 0.6 is 0 Å². The highest BCUT2D eigenvalue weighted by molar-refractivity contribution is 5.70. The van der Waals surface area contributed by atoms with E-state index in [0.717, 1.165) is 35.2 Å². The van der Waals surface area contributed by atoms with Gasteiger partial charge in [-0.05, 0) is 43.5 Å². The van der Waals surface area contributed by atoms with Crippen LogP contribution in [0.5, 0.6) is 0 Å². The fourth-order valence-electron chi connectivity index (χ4n) is 4.20. The summed E-state index contributed by atoms with van der Waals surface area (Å²) in [4.78, 5) is 34.5. The fraction of sp³-hybridized carbons (Fsp3) is 0.320. The number of imidazole rings is 1. The van der Waals surface area contributed by atoms with Gasteiger partial charge in [-0.1, -0.05) is 37.3 Å². The third-order valence-electron chi connectivity index (χ3n) is 6.23. The van der Waals surface area contributed by atoms with Crippen LogP contribution in [-0.2, 0) is 6.54 Å². The van der Waals surface area contributed by atoms with Crippen molar-refractivity contribution in [3.8, 4) is 0 Å². The van der Waals surface area contributed by atoms with Crippen LogP contribution in [0.25, 0.3) is 11.2 Å². The van der Waals surface area contributed by atoms with Crippen LogP contribution in [0.3, 0.4) is 0 Å². The number of rotatable bonds is 7. The maximum Gasteiger partial charge on any atom is 0.333 e. The van der Waals surface area contributed by atoms with Crippen LogP contribution in [0.2, 0.25) is 0 Å². The molecule has 5 rings (SSSR count). The average molecular weight is 448 g/mol. The molecule has 0 radical (unpaired) electrons. The highest BCUT2D eigenvalue weighted by Gasteiger charge is 2.30. The Hall–Kier alpha value is -3.68. The molecule has 1 fully saturated rings. The number of aromatic amines is 1. The molecule has 2 heterocycles. The SMILES string of the molecule is CCNc1ccc(C(C)c2nc3c([nH]2)c(=O)n(Cc2ccccc2F)c(=O)n3C2CC2)cc1. The molecule has 2 aromatic heterocycles. The van der Waals surface area contributed by atoms with E-state index in [-0.39, 0.29) is 24.0 Å². The molecule has 4 aromatic rings. The summed E-state index contributed by atoms with van der Waals surface area (Å²) in [6.45, 7) is 4.78. The first kappa shape index (κ1) is 21.2. The van der Waals surface area contributed by atoms with Crippen molar-refractivity contribution in [1.82, 2.24) is 19.1 Å². The zero-order valence-electron chi connectivity index (χ0n) is 18.6. The highest BCUT2D eigenvalue weighted by atomic mass is 19.1. The Morgan fingerprint density at radius 3 is 2.55 bits per heavy atom. The second kappa shape index (κ2) is 8.35. The molecule has 0 amide bonds. The molecule has 0 bridgehead atoms. The van der Waals surface area contributed by atoms with Gasteiger partial charge in [0.2, 0.25) is 0 Å². The number of H-pyrrole nitrogens is 1. The van der Waals surface area contributed by atoms with Crippen LogP contribution in [0, 0.1) is 5.82 Å². The number of nitrogens with zero attached hydrogens (tertiary/aromatic N) is 3. The van der Waals surface area contributed by atoms with E-state index in [1.165, 1.54) is 6.07 Å². The van der Waals surface area contributed by atoms with E-state index in [4.69, 9.17) is 4.98 Å².